The van der Waals surface area contributed by atoms with Crippen molar-refractivity contribution < 1.29 is 10.2 Å². The van der Waals surface area contributed by atoms with Gasteiger partial charge in [0.2, 0.25) is 0 Å². The number of rotatable bonds is 10. The van der Waals surface area contributed by atoms with Crippen LogP contribution in [-0.4, -0.2) is 10.2 Å². The molecular formula is C27H40O2. The van der Waals surface area contributed by atoms with E-state index in [1.807, 2.05) is 0 Å². The van der Waals surface area contributed by atoms with E-state index in [2.05, 4.69) is 66.7 Å². The summed E-state index contributed by atoms with van der Waals surface area (Å²) in [6, 6.07) is 4.72. The molecule has 0 bridgehead atoms. The summed E-state index contributed by atoms with van der Waals surface area (Å²) in [6.07, 6.45) is 12.0. The highest BCUT2D eigenvalue weighted by Gasteiger charge is 2.10. The Morgan fingerprint density at radius 1 is 0.897 bits per heavy atom. The second kappa shape index (κ2) is 12.4. The number of hydrogen-bond donors (Lipinski definition) is 2. The molecule has 0 saturated carbocycles. The van der Waals surface area contributed by atoms with Crippen molar-refractivity contribution in [2.45, 2.75) is 80.6 Å². The zero-order valence-electron chi connectivity index (χ0n) is 19.5. The summed E-state index contributed by atoms with van der Waals surface area (Å²) in [4.78, 5) is 0. The van der Waals surface area contributed by atoms with E-state index in [0.29, 0.717) is 12.3 Å². The fourth-order valence-electron chi connectivity index (χ4n) is 3.44. The molecule has 2 N–H and O–H groups in total. The van der Waals surface area contributed by atoms with Gasteiger partial charge in [-0.2, -0.15) is 0 Å². The molecule has 1 atom stereocenters. The van der Waals surface area contributed by atoms with Gasteiger partial charge in [-0.25, -0.2) is 0 Å². The normalized spacial score (nSPS) is 13.6. The number of phenolic OH excluding ortho intramolecular Hbond substituents is 2. The van der Waals surface area contributed by atoms with E-state index in [-0.39, 0.29) is 11.5 Å². The van der Waals surface area contributed by atoms with Crippen LogP contribution in [0.15, 0.2) is 64.3 Å². The predicted octanol–water partition coefficient (Wildman–Crippen LogP) is 8.03. The number of aromatic hydroxyl groups is 2. The van der Waals surface area contributed by atoms with E-state index in [1.54, 1.807) is 12.1 Å². The molecule has 2 nitrogen and oxygen atoms in total. The Balaban J connectivity index is 2.85. The van der Waals surface area contributed by atoms with Crippen molar-refractivity contribution in [3.05, 3.63) is 69.9 Å². The van der Waals surface area contributed by atoms with Crippen molar-refractivity contribution in [1.29, 1.82) is 0 Å². The quantitative estimate of drug-likeness (QED) is 0.310. The molecule has 1 aromatic rings. The van der Waals surface area contributed by atoms with E-state index in [1.165, 1.54) is 33.9 Å². The molecule has 29 heavy (non-hydrogen) atoms. The number of hydrogen-bond acceptors (Lipinski definition) is 2. The minimum Gasteiger partial charge on any atom is -0.508 e. The van der Waals surface area contributed by atoms with E-state index in [0.717, 1.165) is 31.2 Å². The molecule has 0 spiro atoms. The van der Waals surface area contributed by atoms with Crippen LogP contribution < -0.4 is 0 Å². The van der Waals surface area contributed by atoms with Crippen LogP contribution in [0, 0.1) is 5.92 Å². The molecule has 0 heterocycles. The van der Waals surface area contributed by atoms with E-state index in [4.69, 9.17) is 0 Å². The third-order valence-electron chi connectivity index (χ3n) is 5.24. The molecular weight excluding hydrogens is 356 g/mol. The standard InChI is InChI=1S/C27H40O2/c1-19(2)9-8-10-21(5)11-12-24(15-20(3)4)16-22(6)23(7)17-25-18-26(28)13-14-27(25)29/h9,11,13-15,18,24,28-29H,8,10,12,16-17H2,1-7H3/b21-11+,23-22+. The Morgan fingerprint density at radius 3 is 2.21 bits per heavy atom. The van der Waals surface area contributed by atoms with Crippen LogP contribution >= 0.6 is 0 Å². The lowest BCUT2D eigenvalue weighted by Gasteiger charge is -2.16. The predicted molar refractivity (Wildman–Crippen MR) is 126 cm³/mol. The molecule has 0 aromatic heterocycles. The zero-order chi connectivity index (χ0) is 22.0. The second-order valence-electron chi connectivity index (χ2n) is 8.87. The lowest BCUT2D eigenvalue weighted by atomic mass is 9.90. The fourth-order valence-corrected chi connectivity index (χ4v) is 3.44. The molecule has 1 unspecified atom stereocenters. The monoisotopic (exact) mass is 396 g/mol. The lowest BCUT2D eigenvalue weighted by molar-refractivity contribution is 0.455. The van der Waals surface area contributed by atoms with Gasteiger partial charge in [-0.15, -0.1) is 0 Å². The van der Waals surface area contributed by atoms with Gasteiger partial charge in [0.05, 0.1) is 0 Å². The summed E-state index contributed by atoms with van der Waals surface area (Å²) in [6.45, 7) is 15.2. The summed E-state index contributed by atoms with van der Waals surface area (Å²) in [5, 5.41) is 19.8. The Labute approximate surface area is 178 Å². The van der Waals surface area contributed by atoms with Gasteiger partial charge in [0.15, 0.2) is 0 Å². The topological polar surface area (TPSA) is 40.5 Å². The molecule has 160 valence electrons. The summed E-state index contributed by atoms with van der Waals surface area (Å²) < 4.78 is 0. The van der Waals surface area contributed by atoms with Crippen LogP contribution in [0.25, 0.3) is 0 Å². The van der Waals surface area contributed by atoms with E-state index >= 15 is 0 Å². The number of allylic oxidation sites excluding steroid dienone is 8. The molecule has 0 aliphatic rings. The van der Waals surface area contributed by atoms with Crippen molar-refractivity contribution in [3.8, 4) is 11.5 Å². The molecule has 1 rings (SSSR count). The molecule has 0 aliphatic carbocycles. The van der Waals surface area contributed by atoms with Crippen LogP contribution in [0.2, 0.25) is 0 Å². The van der Waals surface area contributed by atoms with Crippen molar-refractivity contribution >= 4 is 0 Å². The first-order valence-corrected chi connectivity index (χ1v) is 10.7. The van der Waals surface area contributed by atoms with E-state index in [9.17, 15) is 10.2 Å². The van der Waals surface area contributed by atoms with Gasteiger partial charge in [-0.05, 0) is 105 Å². The first-order valence-electron chi connectivity index (χ1n) is 10.7. The fraction of sp³-hybridized carbons (Fsp3) is 0.481. The molecule has 0 radical (unpaired) electrons. The maximum Gasteiger partial charge on any atom is 0.119 e. The SMILES string of the molecule is CC(C)=CCC/C(C)=C/CC(C=C(C)C)C/C(C)=C(\C)Cc1cc(O)ccc1O. The summed E-state index contributed by atoms with van der Waals surface area (Å²) in [5.74, 6) is 0.913. The van der Waals surface area contributed by atoms with Gasteiger partial charge in [-0.3, -0.25) is 0 Å². The molecule has 2 heteroatoms. The van der Waals surface area contributed by atoms with Crippen LogP contribution in [0.1, 0.15) is 79.7 Å². The van der Waals surface area contributed by atoms with Gasteiger partial charge in [-0.1, -0.05) is 46.1 Å². The maximum atomic E-state index is 10.1. The van der Waals surface area contributed by atoms with Gasteiger partial charge in [0.1, 0.15) is 11.5 Å². The smallest absolute Gasteiger partial charge is 0.119 e. The minimum absolute atomic E-state index is 0.194. The average Bonchev–Trinajstić information content (AvgIpc) is 2.61. The highest BCUT2D eigenvalue weighted by Crippen LogP contribution is 2.28. The first kappa shape index (κ1) is 24.8. The Bertz CT molecular complexity index is 783. The van der Waals surface area contributed by atoms with Gasteiger partial charge < -0.3 is 10.2 Å². The molecule has 1 aromatic carbocycles. The second-order valence-corrected chi connectivity index (χ2v) is 8.87. The number of benzene rings is 1. The average molecular weight is 397 g/mol. The zero-order valence-corrected chi connectivity index (χ0v) is 19.5. The number of phenols is 2. The minimum atomic E-state index is 0.194. The maximum absolute atomic E-state index is 10.1. The van der Waals surface area contributed by atoms with Crippen molar-refractivity contribution in [1.82, 2.24) is 0 Å². The largest absolute Gasteiger partial charge is 0.508 e. The van der Waals surface area contributed by atoms with Crippen LogP contribution in [0.4, 0.5) is 0 Å². The Hall–Kier alpha value is -2.22. The van der Waals surface area contributed by atoms with Crippen LogP contribution in [0.3, 0.4) is 0 Å². The molecule has 0 fully saturated rings. The highest BCUT2D eigenvalue weighted by molar-refractivity contribution is 5.41. The Morgan fingerprint density at radius 2 is 1.59 bits per heavy atom. The van der Waals surface area contributed by atoms with E-state index < -0.39 is 0 Å². The van der Waals surface area contributed by atoms with Gasteiger partial charge >= 0.3 is 0 Å². The molecule has 0 amide bonds. The molecule has 0 saturated heterocycles. The summed E-state index contributed by atoms with van der Waals surface area (Å²) in [5.41, 5.74) is 7.57. The first-order chi connectivity index (χ1) is 13.6. The third kappa shape index (κ3) is 10.2. The summed E-state index contributed by atoms with van der Waals surface area (Å²) in [7, 11) is 0. The van der Waals surface area contributed by atoms with Crippen molar-refractivity contribution in [2.24, 2.45) is 5.92 Å². The van der Waals surface area contributed by atoms with Gasteiger partial charge in [0, 0.05) is 5.56 Å². The van der Waals surface area contributed by atoms with Crippen molar-refractivity contribution in [3.63, 3.8) is 0 Å². The van der Waals surface area contributed by atoms with Gasteiger partial charge in [0.25, 0.3) is 0 Å². The van der Waals surface area contributed by atoms with Crippen molar-refractivity contribution in [2.75, 3.05) is 0 Å². The highest BCUT2D eigenvalue weighted by atomic mass is 16.3. The Kier molecular flexibility index (Phi) is 10.6. The van der Waals surface area contributed by atoms with Crippen LogP contribution in [0.5, 0.6) is 11.5 Å². The van der Waals surface area contributed by atoms with Crippen LogP contribution in [-0.2, 0) is 6.42 Å². The summed E-state index contributed by atoms with van der Waals surface area (Å²) >= 11 is 0. The third-order valence-corrected chi connectivity index (χ3v) is 5.24. The molecule has 0 aliphatic heterocycles. The lowest BCUT2D eigenvalue weighted by Crippen LogP contribution is -2.01.